The van der Waals surface area contributed by atoms with Crippen molar-refractivity contribution in [1.29, 1.82) is 0 Å². The second-order valence-electron chi connectivity index (χ2n) is 4.63. The van der Waals surface area contributed by atoms with Crippen molar-refractivity contribution < 1.29 is 4.74 Å². The zero-order chi connectivity index (χ0) is 8.48. The quantitative estimate of drug-likeness (QED) is 0.660. The molecule has 0 aromatic rings. The second-order valence-corrected chi connectivity index (χ2v) is 4.63. The van der Waals surface area contributed by atoms with Crippen LogP contribution < -0.4 is 5.73 Å². The molecular formula is C9H19NO. The molecule has 1 saturated heterocycles. The van der Waals surface area contributed by atoms with Crippen molar-refractivity contribution in [3.63, 3.8) is 0 Å². The first kappa shape index (κ1) is 9.01. The molecule has 0 radical (unpaired) electrons. The summed E-state index contributed by atoms with van der Waals surface area (Å²) in [5.41, 5.74) is 6.14. The average molecular weight is 157 g/mol. The van der Waals surface area contributed by atoms with Crippen molar-refractivity contribution in [1.82, 2.24) is 0 Å². The van der Waals surface area contributed by atoms with Crippen molar-refractivity contribution in [2.24, 2.45) is 11.1 Å². The highest BCUT2D eigenvalue weighted by Gasteiger charge is 2.29. The molecule has 1 aliphatic rings. The van der Waals surface area contributed by atoms with E-state index in [2.05, 4.69) is 20.8 Å². The molecule has 11 heavy (non-hydrogen) atoms. The Labute approximate surface area is 69.1 Å². The molecule has 0 bridgehead atoms. The lowest BCUT2D eigenvalue weighted by atomic mass is 9.87. The second kappa shape index (κ2) is 3.11. The molecule has 2 atom stereocenters. The van der Waals surface area contributed by atoms with Gasteiger partial charge in [0.2, 0.25) is 0 Å². The minimum Gasteiger partial charge on any atom is -0.375 e. The van der Waals surface area contributed by atoms with E-state index < -0.39 is 0 Å². The van der Waals surface area contributed by atoms with Crippen LogP contribution in [-0.2, 0) is 4.74 Å². The molecule has 0 aromatic carbocycles. The van der Waals surface area contributed by atoms with E-state index in [9.17, 15) is 0 Å². The third-order valence-electron chi connectivity index (χ3n) is 2.16. The van der Waals surface area contributed by atoms with Gasteiger partial charge in [-0.3, -0.25) is 0 Å². The molecule has 1 aliphatic heterocycles. The van der Waals surface area contributed by atoms with Gasteiger partial charge in [-0.15, -0.1) is 0 Å². The van der Waals surface area contributed by atoms with Crippen LogP contribution in [0.1, 0.15) is 33.6 Å². The van der Waals surface area contributed by atoms with E-state index in [0.717, 1.165) is 13.0 Å². The lowest BCUT2D eigenvalue weighted by Gasteiger charge is -2.35. The van der Waals surface area contributed by atoms with Crippen LogP contribution in [0.25, 0.3) is 0 Å². The van der Waals surface area contributed by atoms with E-state index in [-0.39, 0.29) is 0 Å². The Morgan fingerprint density at radius 2 is 2.09 bits per heavy atom. The van der Waals surface area contributed by atoms with Gasteiger partial charge in [0.1, 0.15) is 0 Å². The lowest BCUT2D eigenvalue weighted by Crippen LogP contribution is -2.51. The van der Waals surface area contributed by atoms with Crippen LogP contribution in [0.4, 0.5) is 0 Å². The van der Waals surface area contributed by atoms with E-state index in [0.29, 0.717) is 17.6 Å². The van der Waals surface area contributed by atoms with Crippen LogP contribution >= 0.6 is 0 Å². The summed E-state index contributed by atoms with van der Waals surface area (Å²) in [5.74, 6) is 0. The van der Waals surface area contributed by atoms with E-state index in [1.54, 1.807) is 0 Å². The maximum Gasteiger partial charge on any atom is 0.0749 e. The number of rotatable bonds is 2. The summed E-state index contributed by atoms with van der Waals surface area (Å²) < 4.78 is 5.31. The minimum absolute atomic E-state index is 0.303. The van der Waals surface area contributed by atoms with E-state index >= 15 is 0 Å². The van der Waals surface area contributed by atoms with Crippen LogP contribution in [0.2, 0.25) is 0 Å². The normalized spacial score (nSPS) is 31.6. The van der Waals surface area contributed by atoms with Gasteiger partial charge < -0.3 is 10.5 Å². The zero-order valence-electron chi connectivity index (χ0n) is 7.76. The van der Waals surface area contributed by atoms with Crippen LogP contribution in [0.15, 0.2) is 0 Å². The molecule has 0 amide bonds. The Hall–Kier alpha value is -0.0800. The Balaban J connectivity index is 2.12. The fourth-order valence-corrected chi connectivity index (χ4v) is 1.22. The average Bonchev–Trinajstić information content (AvgIpc) is 1.82. The van der Waals surface area contributed by atoms with Gasteiger partial charge in [0.25, 0.3) is 0 Å². The van der Waals surface area contributed by atoms with Gasteiger partial charge in [0.15, 0.2) is 0 Å². The molecule has 2 N–H and O–H groups in total. The third kappa shape index (κ3) is 2.80. The summed E-state index contributed by atoms with van der Waals surface area (Å²) >= 11 is 0. The van der Waals surface area contributed by atoms with Gasteiger partial charge in [0.05, 0.1) is 18.8 Å². The summed E-state index contributed by atoms with van der Waals surface area (Å²) in [4.78, 5) is 0. The van der Waals surface area contributed by atoms with Gasteiger partial charge in [-0.05, 0) is 18.3 Å². The maximum absolute atomic E-state index is 5.73. The predicted octanol–water partition coefficient (Wildman–Crippen LogP) is 1.54. The van der Waals surface area contributed by atoms with Gasteiger partial charge in [-0.25, -0.2) is 0 Å². The minimum atomic E-state index is 0.303. The molecule has 0 saturated carbocycles. The highest BCUT2D eigenvalue weighted by Crippen LogP contribution is 2.25. The third-order valence-corrected chi connectivity index (χ3v) is 2.16. The smallest absolute Gasteiger partial charge is 0.0749 e. The Morgan fingerprint density at radius 3 is 2.36 bits per heavy atom. The van der Waals surface area contributed by atoms with Crippen molar-refractivity contribution in [3.05, 3.63) is 0 Å². The van der Waals surface area contributed by atoms with E-state index in [1.807, 2.05) is 0 Å². The van der Waals surface area contributed by atoms with Gasteiger partial charge in [0, 0.05) is 0 Å². The zero-order valence-corrected chi connectivity index (χ0v) is 7.76. The number of hydrogen-bond acceptors (Lipinski definition) is 2. The first-order valence-electron chi connectivity index (χ1n) is 4.36. The Kier molecular flexibility index (Phi) is 2.55. The van der Waals surface area contributed by atoms with Crippen molar-refractivity contribution in [2.75, 3.05) is 6.61 Å². The van der Waals surface area contributed by atoms with Gasteiger partial charge in [-0.1, -0.05) is 20.8 Å². The standard InChI is InChI=1S/C9H19NO/c1-9(2,3)5-4-8-7(10)6-11-8/h7-8H,4-6,10H2,1-3H3. The molecule has 0 aromatic heterocycles. The van der Waals surface area contributed by atoms with Crippen molar-refractivity contribution >= 4 is 0 Å². The molecule has 66 valence electrons. The molecule has 2 unspecified atom stereocenters. The highest BCUT2D eigenvalue weighted by atomic mass is 16.5. The van der Waals surface area contributed by atoms with Crippen LogP contribution in [-0.4, -0.2) is 18.8 Å². The highest BCUT2D eigenvalue weighted by molar-refractivity contribution is 4.82. The first-order valence-corrected chi connectivity index (χ1v) is 4.36. The maximum atomic E-state index is 5.73. The monoisotopic (exact) mass is 157 g/mol. The largest absolute Gasteiger partial charge is 0.375 e. The van der Waals surface area contributed by atoms with E-state index in [1.165, 1.54) is 6.42 Å². The molecule has 1 rings (SSSR count). The van der Waals surface area contributed by atoms with Crippen molar-refractivity contribution in [2.45, 2.75) is 45.8 Å². The van der Waals surface area contributed by atoms with Gasteiger partial charge >= 0.3 is 0 Å². The Bertz CT molecular complexity index is 128. The summed E-state index contributed by atoms with van der Waals surface area (Å²) in [6.07, 6.45) is 2.66. The molecular weight excluding hydrogens is 138 g/mol. The molecule has 2 nitrogen and oxygen atoms in total. The molecule has 2 heteroatoms. The summed E-state index contributed by atoms with van der Waals surface area (Å²) in [5, 5.41) is 0. The van der Waals surface area contributed by atoms with Crippen LogP contribution in [0.3, 0.4) is 0 Å². The molecule has 0 aliphatic carbocycles. The van der Waals surface area contributed by atoms with Crippen LogP contribution in [0.5, 0.6) is 0 Å². The molecule has 1 heterocycles. The number of nitrogens with two attached hydrogens (primary N) is 1. The fraction of sp³-hybridized carbons (Fsp3) is 1.00. The lowest BCUT2D eigenvalue weighted by molar-refractivity contribution is -0.0803. The topological polar surface area (TPSA) is 35.2 Å². The SMILES string of the molecule is CC(C)(C)CCC1OCC1N. The van der Waals surface area contributed by atoms with Gasteiger partial charge in [-0.2, -0.15) is 0 Å². The van der Waals surface area contributed by atoms with Crippen molar-refractivity contribution in [3.8, 4) is 0 Å². The number of hydrogen-bond donors (Lipinski definition) is 1. The number of ether oxygens (including phenoxy) is 1. The Morgan fingerprint density at radius 1 is 1.45 bits per heavy atom. The summed E-state index contributed by atoms with van der Waals surface area (Å²) in [6.45, 7) is 7.50. The molecule has 1 fully saturated rings. The van der Waals surface area contributed by atoms with E-state index in [4.69, 9.17) is 10.5 Å². The predicted molar refractivity (Wildman–Crippen MR) is 46.4 cm³/mol. The first-order chi connectivity index (χ1) is 4.99. The van der Waals surface area contributed by atoms with Crippen LogP contribution in [0, 0.1) is 5.41 Å². The summed E-state index contributed by atoms with van der Waals surface area (Å²) in [7, 11) is 0. The fourth-order valence-electron chi connectivity index (χ4n) is 1.22. The molecule has 0 spiro atoms. The summed E-state index contributed by atoms with van der Waals surface area (Å²) in [6, 6.07) is 0.303.